The molecular formula is C15H30BiN3O6. The minimum atomic E-state index is -1.18. The van der Waals surface area contributed by atoms with Gasteiger partial charge in [-0.1, -0.05) is 41.5 Å². The van der Waals surface area contributed by atoms with Crippen LogP contribution in [0.3, 0.4) is 0 Å². The number of hydrogen-bond donors (Lipinski definition) is 3. The Balaban J connectivity index is -0.000000130. The summed E-state index contributed by atoms with van der Waals surface area (Å²) in [4.78, 5) is 29.7. The largest absolute Gasteiger partial charge is 3.00 e. The van der Waals surface area contributed by atoms with Gasteiger partial charge in [0.25, 0.3) is 0 Å². The molecule has 9 nitrogen and oxygen atoms in total. The second-order valence-electron chi connectivity index (χ2n) is 6.27. The van der Waals surface area contributed by atoms with E-state index in [1.807, 2.05) is 0 Å². The van der Waals surface area contributed by atoms with Crippen LogP contribution in [0.4, 0.5) is 0 Å². The Morgan fingerprint density at radius 3 is 0.680 bits per heavy atom. The SMILES string of the molecule is CC(C)[C@H](N)C(=O)[O-].CC(C)[C@H](N)C(=O)[O-].CC(C)[C@H](N)C(=O)[O-].[Bi+3]. The fourth-order valence-corrected chi connectivity index (χ4v) is 0.816. The maximum Gasteiger partial charge on any atom is 3.00 e. The molecule has 0 heterocycles. The molecule has 0 aliphatic carbocycles. The molecule has 6 N–H and O–H groups in total. The summed E-state index contributed by atoms with van der Waals surface area (Å²) in [5, 5.41) is 29.7. The van der Waals surface area contributed by atoms with Crippen molar-refractivity contribution in [3.8, 4) is 0 Å². The fourth-order valence-electron chi connectivity index (χ4n) is 0.816. The Labute approximate surface area is 168 Å². The average Bonchev–Trinajstić information content (AvgIpc) is 2.45. The van der Waals surface area contributed by atoms with E-state index in [-0.39, 0.29) is 44.0 Å². The van der Waals surface area contributed by atoms with Crippen LogP contribution in [0.25, 0.3) is 0 Å². The summed E-state index contributed by atoms with van der Waals surface area (Å²) in [6.45, 7) is 10.4. The average molecular weight is 557 g/mol. The van der Waals surface area contributed by atoms with E-state index in [2.05, 4.69) is 0 Å². The van der Waals surface area contributed by atoms with Crippen LogP contribution in [0, 0.1) is 17.8 Å². The van der Waals surface area contributed by atoms with Gasteiger partial charge in [0.05, 0.1) is 17.9 Å². The fraction of sp³-hybridized carbons (Fsp3) is 0.800. The Morgan fingerprint density at radius 1 is 0.560 bits per heavy atom. The third-order valence-electron chi connectivity index (χ3n) is 2.97. The summed E-state index contributed by atoms with van der Waals surface area (Å²) in [7, 11) is 0. The minimum Gasteiger partial charge on any atom is -0.548 e. The number of carboxylic acids is 3. The summed E-state index contributed by atoms with van der Waals surface area (Å²) >= 11 is 0. The standard InChI is InChI=1S/3C5H11NO2.Bi/c3*1-3(2)4(6)5(7)8;/h3*3-4H,6H2,1-2H3,(H,7,8);/q;;;+3/p-3/t3*4-;/m000./s1. The van der Waals surface area contributed by atoms with Crippen molar-refractivity contribution in [1.29, 1.82) is 0 Å². The molecule has 0 spiro atoms. The maximum absolute atomic E-state index is 9.90. The smallest absolute Gasteiger partial charge is 0.548 e. The van der Waals surface area contributed by atoms with Gasteiger partial charge >= 0.3 is 26.2 Å². The molecule has 0 saturated heterocycles. The van der Waals surface area contributed by atoms with Gasteiger partial charge in [0.2, 0.25) is 0 Å². The molecule has 0 aromatic carbocycles. The third-order valence-corrected chi connectivity index (χ3v) is 2.97. The summed E-state index contributed by atoms with van der Waals surface area (Å²) in [6, 6.07) is -2.47. The maximum atomic E-state index is 9.90. The Morgan fingerprint density at radius 2 is 0.680 bits per heavy atom. The first-order valence-corrected chi connectivity index (χ1v) is 7.55. The first-order valence-electron chi connectivity index (χ1n) is 7.55. The van der Waals surface area contributed by atoms with Gasteiger partial charge < -0.3 is 46.9 Å². The summed E-state index contributed by atoms with van der Waals surface area (Å²) in [5.74, 6) is -3.67. The van der Waals surface area contributed by atoms with Crippen LogP contribution < -0.4 is 32.5 Å². The number of aliphatic carboxylic acids is 3. The number of carbonyl (C=O) groups is 3. The normalized spacial score (nSPS) is 13.4. The van der Waals surface area contributed by atoms with Gasteiger partial charge in [-0.2, -0.15) is 0 Å². The second-order valence-corrected chi connectivity index (χ2v) is 6.27. The molecule has 0 bridgehead atoms. The first kappa shape index (κ1) is 31.9. The van der Waals surface area contributed by atoms with Crippen molar-refractivity contribution in [1.82, 2.24) is 0 Å². The molecule has 2 radical (unpaired) electrons. The van der Waals surface area contributed by atoms with E-state index in [4.69, 9.17) is 17.2 Å². The van der Waals surface area contributed by atoms with Crippen LogP contribution in [0.2, 0.25) is 0 Å². The summed E-state index contributed by atoms with van der Waals surface area (Å²) in [6.07, 6.45) is 0. The van der Waals surface area contributed by atoms with Crippen LogP contribution in [-0.2, 0) is 14.4 Å². The molecule has 0 aliphatic rings. The van der Waals surface area contributed by atoms with Crippen molar-refractivity contribution >= 4 is 44.1 Å². The number of carboxylic acid groups (broad SMARTS) is 3. The topological polar surface area (TPSA) is 198 Å². The molecule has 25 heavy (non-hydrogen) atoms. The zero-order chi connectivity index (χ0) is 20.2. The van der Waals surface area contributed by atoms with Crippen molar-refractivity contribution in [2.75, 3.05) is 0 Å². The summed E-state index contributed by atoms with van der Waals surface area (Å²) in [5.41, 5.74) is 15.3. The van der Waals surface area contributed by atoms with Crippen LogP contribution in [0.15, 0.2) is 0 Å². The third kappa shape index (κ3) is 19.3. The van der Waals surface area contributed by atoms with Crippen molar-refractivity contribution in [2.24, 2.45) is 35.0 Å². The van der Waals surface area contributed by atoms with Crippen molar-refractivity contribution in [3.63, 3.8) is 0 Å². The zero-order valence-corrected chi connectivity index (χ0v) is 19.1. The minimum absolute atomic E-state index is 0. The molecule has 146 valence electrons. The van der Waals surface area contributed by atoms with E-state index in [1.165, 1.54) is 0 Å². The van der Waals surface area contributed by atoms with Gasteiger partial charge in [-0.05, 0) is 17.8 Å². The van der Waals surface area contributed by atoms with E-state index in [0.717, 1.165) is 0 Å². The molecule has 0 aromatic heterocycles. The van der Waals surface area contributed by atoms with E-state index in [1.54, 1.807) is 41.5 Å². The van der Waals surface area contributed by atoms with E-state index >= 15 is 0 Å². The first-order chi connectivity index (χ1) is 10.7. The van der Waals surface area contributed by atoms with E-state index < -0.39 is 36.0 Å². The Kier molecular flexibility index (Phi) is 21.2. The van der Waals surface area contributed by atoms with Crippen LogP contribution >= 0.6 is 0 Å². The van der Waals surface area contributed by atoms with Crippen molar-refractivity contribution in [3.05, 3.63) is 0 Å². The van der Waals surface area contributed by atoms with E-state index in [9.17, 15) is 29.7 Å². The quantitative estimate of drug-likeness (QED) is 0.271. The Bertz CT molecular complexity index is 334. The predicted molar refractivity (Wildman–Crippen MR) is 89.2 cm³/mol. The molecular weight excluding hydrogens is 527 g/mol. The van der Waals surface area contributed by atoms with E-state index in [0.29, 0.717) is 0 Å². The number of hydrogen-bond acceptors (Lipinski definition) is 9. The van der Waals surface area contributed by atoms with Gasteiger partial charge in [-0.3, -0.25) is 0 Å². The molecule has 0 rings (SSSR count). The van der Waals surface area contributed by atoms with Gasteiger partial charge in [0.15, 0.2) is 0 Å². The van der Waals surface area contributed by atoms with Crippen LogP contribution in [0.1, 0.15) is 41.5 Å². The van der Waals surface area contributed by atoms with Gasteiger partial charge in [-0.25, -0.2) is 0 Å². The predicted octanol–water partition coefficient (Wildman–Crippen LogP) is -4.22. The Hall–Kier alpha value is -0.827. The molecule has 0 unspecified atom stereocenters. The molecule has 3 atom stereocenters. The van der Waals surface area contributed by atoms with Crippen molar-refractivity contribution < 1.29 is 29.7 Å². The van der Waals surface area contributed by atoms with Gasteiger partial charge in [0, 0.05) is 18.1 Å². The second kappa shape index (κ2) is 16.6. The van der Waals surface area contributed by atoms with Gasteiger partial charge in [-0.15, -0.1) is 0 Å². The number of carbonyl (C=O) groups excluding carboxylic acids is 3. The van der Waals surface area contributed by atoms with Crippen LogP contribution in [0.5, 0.6) is 0 Å². The van der Waals surface area contributed by atoms with Crippen LogP contribution in [-0.4, -0.2) is 62.2 Å². The van der Waals surface area contributed by atoms with Gasteiger partial charge in [0.1, 0.15) is 0 Å². The molecule has 0 aliphatic heterocycles. The molecule has 0 aromatic rings. The number of rotatable bonds is 6. The monoisotopic (exact) mass is 557 g/mol. The zero-order valence-electron chi connectivity index (χ0n) is 15.6. The van der Waals surface area contributed by atoms with Crippen molar-refractivity contribution in [2.45, 2.75) is 59.7 Å². The molecule has 10 heteroatoms. The molecule has 0 amide bonds. The number of nitrogens with two attached hydrogens (primary N) is 3. The molecule has 0 saturated carbocycles. The summed E-state index contributed by atoms with van der Waals surface area (Å²) < 4.78 is 0. The molecule has 0 fully saturated rings.